The van der Waals surface area contributed by atoms with Crippen LogP contribution in [0.4, 0.5) is 17.1 Å². The second-order valence-corrected chi connectivity index (χ2v) is 2.79. The van der Waals surface area contributed by atoms with Gasteiger partial charge in [0.05, 0.1) is 10.6 Å². The number of phenols is 1. The van der Waals surface area contributed by atoms with Crippen molar-refractivity contribution in [2.75, 3.05) is 5.73 Å². The van der Waals surface area contributed by atoms with E-state index in [1.807, 2.05) is 0 Å². The third-order valence-corrected chi connectivity index (χ3v) is 1.59. The topological polar surface area (TPSA) is 125 Å². The molecule has 7 nitrogen and oxygen atoms in total. The van der Waals surface area contributed by atoms with Crippen LogP contribution in [0.25, 0.3) is 0 Å². The first-order valence-electron chi connectivity index (χ1n) is 3.91. The summed E-state index contributed by atoms with van der Waals surface area (Å²) in [6.45, 7) is 1.16. The van der Waals surface area contributed by atoms with Crippen LogP contribution in [-0.4, -0.2) is 15.9 Å². The minimum Gasteiger partial charge on any atom is -0.862 e. The molecule has 80 valence electrons. The normalized spacial score (nSPS) is 10.7. The van der Waals surface area contributed by atoms with Gasteiger partial charge in [0.1, 0.15) is 5.69 Å². The number of nitro benzene ring substituents is 1. The zero-order chi connectivity index (χ0) is 11.6. The minimum atomic E-state index is -0.686. The van der Waals surface area contributed by atoms with Crippen LogP contribution in [-0.2, 0) is 0 Å². The van der Waals surface area contributed by atoms with Gasteiger partial charge in [-0.3, -0.25) is 15.1 Å². The average molecular weight is 233 g/mol. The number of phenolic OH excluding ortho intramolecular Hbond substituents is 1. The van der Waals surface area contributed by atoms with Crippen molar-refractivity contribution in [1.29, 1.82) is 0 Å². The van der Waals surface area contributed by atoms with Gasteiger partial charge in [-0.1, -0.05) is 0 Å². The maximum absolute atomic E-state index is 10.7. The SMILES string of the molecule is CC([O-])=Nc1cc([N+](=O)[O-])cc(N)c1O.[Na+]. The van der Waals surface area contributed by atoms with E-state index in [-0.39, 0.29) is 46.6 Å². The molecule has 8 heteroatoms. The first-order valence-corrected chi connectivity index (χ1v) is 3.91. The number of nitrogen functional groups attached to an aromatic ring is 1. The average Bonchev–Trinajstić information content (AvgIpc) is 2.11. The van der Waals surface area contributed by atoms with E-state index in [1.54, 1.807) is 0 Å². The third kappa shape index (κ3) is 3.37. The fourth-order valence-corrected chi connectivity index (χ4v) is 0.986. The van der Waals surface area contributed by atoms with Crippen molar-refractivity contribution in [3.63, 3.8) is 0 Å². The first-order chi connectivity index (χ1) is 6.91. The Bertz CT molecular complexity index is 443. The summed E-state index contributed by atoms with van der Waals surface area (Å²) in [5.41, 5.74) is 4.59. The standard InChI is InChI=1S/C8H9N3O4.Na/c1-4(12)10-7-3-5(11(14)15)2-6(9)8(7)13;/h2-3,13H,9H2,1H3,(H,10,12);/q;+1/p-1. The zero-order valence-corrected chi connectivity index (χ0v) is 10.8. The minimum absolute atomic E-state index is 0. The van der Waals surface area contributed by atoms with E-state index in [0.717, 1.165) is 19.1 Å². The second-order valence-electron chi connectivity index (χ2n) is 2.79. The summed E-state index contributed by atoms with van der Waals surface area (Å²) in [4.78, 5) is 13.1. The zero-order valence-electron chi connectivity index (χ0n) is 8.80. The van der Waals surface area contributed by atoms with Gasteiger partial charge in [-0.2, -0.15) is 0 Å². The van der Waals surface area contributed by atoms with E-state index >= 15 is 0 Å². The number of aliphatic imine (C=N–C) groups is 1. The molecule has 1 rings (SSSR count). The Hall–Kier alpha value is -1.31. The van der Waals surface area contributed by atoms with Gasteiger partial charge in [0.15, 0.2) is 5.75 Å². The van der Waals surface area contributed by atoms with Gasteiger partial charge in [-0.05, 0) is 12.8 Å². The molecule has 0 unspecified atom stereocenters. The van der Waals surface area contributed by atoms with Crippen LogP contribution < -0.4 is 40.4 Å². The smallest absolute Gasteiger partial charge is 0.862 e. The van der Waals surface area contributed by atoms with E-state index in [1.165, 1.54) is 0 Å². The Kier molecular flexibility index (Phi) is 5.22. The largest absolute Gasteiger partial charge is 1.00 e. The van der Waals surface area contributed by atoms with E-state index < -0.39 is 16.6 Å². The van der Waals surface area contributed by atoms with E-state index in [0.29, 0.717) is 0 Å². The molecule has 0 saturated heterocycles. The molecular weight excluding hydrogens is 225 g/mol. The van der Waals surface area contributed by atoms with Crippen molar-refractivity contribution < 1.29 is 44.7 Å². The van der Waals surface area contributed by atoms with Crippen LogP contribution in [0.2, 0.25) is 0 Å². The molecule has 0 aromatic heterocycles. The molecule has 16 heavy (non-hydrogen) atoms. The van der Waals surface area contributed by atoms with Gasteiger partial charge >= 0.3 is 29.6 Å². The molecule has 1 aromatic carbocycles. The molecule has 0 amide bonds. The van der Waals surface area contributed by atoms with Crippen LogP contribution >= 0.6 is 0 Å². The summed E-state index contributed by atoms with van der Waals surface area (Å²) >= 11 is 0. The summed E-state index contributed by atoms with van der Waals surface area (Å²) in [7, 11) is 0. The molecule has 1 aromatic rings. The maximum atomic E-state index is 10.7. The Morgan fingerprint density at radius 1 is 1.56 bits per heavy atom. The van der Waals surface area contributed by atoms with Crippen LogP contribution in [0.1, 0.15) is 6.92 Å². The molecule has 0 saturated carbocycles. The summed E-state index contributed by atoms with van der Waals surface area (Å²) < 4.78 is 0. The number of nitrogens with zero attached hydrogens (tertiary/aromatic N) is 2. The Balaban J connectivity index is 0.00000225. The van der Waals surface area contributed by atoms with Gasteiger partial charge in [0, 0.05) is 12.1 Å². The fourth-order valence-electron chi connectivity index (χ4n) is 0.986. The van der Waals surface area contributed by atoms with Crippen molar-refractivity contribution >= 4 is 23.0 Å². The maximum Gasteiger partial charge on any atom is 1.00 e. The van der Waals surface area contributed by atoms with Crippen LogP contribution in [0.15, 0.2) is 17.1 Å². The van der Waals surface area contributed by atoms with Crippen LogP contribution in [0.5, 0.6) is 5.75 Å². The van der Waals surface area contributed by atoms with Gasteiger partial charge < -0.3 is 15.9 Å². The Morgan fingerprint density at radius 3 is 2.56 bits per heavy atom. The van der Waals surface area contributed by atoms with Crippen molar-refractivity contribution in [3.8, 4) is 5.75 Å². The fraction of sp³-hybridized carbons (Fsp3) is 0.125. The summed E-state index contributed by atoms with van der Waals surface area (Å²) in [5.74, 6) is -1.01. The molecule has 0 aliphatic rings. The number of nitrogens with two attached hydrogens (primary N) is 1. The van der Waals surface area contributed by atoms with Crippen LogP contribution in [0.3, 0.4) is 0 Å². The number of anilines is 1. The summed E-state index contributed by atoms with van der Waals surface area (Å²) in [5, 5.41) is 30.5. The van der Waals surface area contributed by atoms with E-state index in [9.17, 15) is 20.3 Å². The Labute approximate surface area is 113 Å². The molecule has 0 aliphatic heterocycles. The summed E-state index contributed by atoms with van der Waals surface area (Å²) in [6.07, 6.45) is 0. The molecule has 0 atom stereocenters. The number of non-ortho nitro benzene ring substituents is 1. The first kappa shape index (κ1) is 14.7. The molecule has 0 aliphatic carbocycles. The molecule has 0 heterocycles. The van der Waals surface area contributed by atoms with Gasteiger partial charge in [0.2, 0.25) is 0 Å². The number of nitro groups is 1. The van der Waals surface area contributed by atoms with Gasteiger partial charge in [-0.15, -0.1) is 0 Å². The van der Waals surface area contributed by atoms with Gasteiger partial charge in [-0.25, -0.2) is 0 Å². The summed E-state index contributed by atoms with van der Waals surface area (Å²) in [6, 6.07) is 1.97. The van der Waals surface area contributed by atoms with E-state index in [4.69, 9.17) is 5.73 Å². The molecule has 0 fully saturated rings. The van der Waals surface area contributed by atoms with Crippen molar-refractivity contribution in [2.45, 2.75) is 6.92 Å². The number of benzene rings is 1. The predicted octanol–water partition coefficient (Wildman–Crippen LogP) is -2.70. The van der Waals surface area contributed by atoms with Crippen molar-refractivity contribution in [1.82, 2.24) is 0 Å². The number of hydrogen-bond acceptors (Lipinski definition) is 6. The van der Waals surface area contributed by atoms with Crippen molar-refractivity contribution in [2.24, 2.45) is 4.99 Å². The second kappa shape index (κ2) is 5.69. The molecule has 0 bridgehead atoms. The number of hydrogen-bond donors (Lipinski definition) is 2. The number of aromatic hydroxyl groups is 1. The monoisotopic (exact) mass is 233 g/mol. The molecule has 0 spiro atoms. The number of rotatable bonds is 2. The molecule has 0 radical (unpaired) electrons. The Morgan fingerprint density at radius 2 is 2.12 bits per heavy atom. The molecule has 3 N–H and O–H groups in total. The molecular formula is C8H8N3NaO4. The van der Waals surface area contributed by atoms with Gasteiger partial charge in [0.25, 0.3) is 5.69 Å². The third-order valence-electron chi connectivity index (χ3n) is 1.59. The predicted molar refractivity (Wildman–Crippen MR) is 51.9 cm³/mol. The van der Waals surface area contributed by atoms with Crippen LogP contribution in [0, 0.1) is 10.1 Å². The quantitative estimate of drug-likeness (QED) is 0.109. The van der Waals surface area contributed by atoms with E-state index in [2.05, 4.69) is 4.99 Å². The van der Waals surface area contributed by atoms with Crippen molar-refractivity contribution in [3.05, 3.63) is 22.2 Å².